The summed E-state index contributed by atoms with van der Waals surface area (Å²) in [7, 11) is 0. The van der Waals surface area contributed by atoms with E-state index >= 15 is 0 Å². The van der Waals surface area contributed by atoms with Gasteiger partial charge in [0.25, 0.3) is 5.56 Å². The van der Waals surface area contributed by atoms with Gasteiger partial charge in [-0.3, -0.25) is 14.2 Å². The Balaban J connectivity index is 1.66. The van der Waals surface area contributed by atoms with E-state index in [0.717, 1.165) is 11.3 Å². The minimum atomic E-state index is -0.261. The number of benzene rings is 2. The summed E-state index contributed by atoms with van der Waals surface area (Å²) in [5.41, 5.74) is 1.04. The van der Waals surface area contributed by atoms with Gasteiger partial charge in [-0.25, -0.2) is 4.98 Å². The van der Waals surface area contributed by atoms with Crippen LogP contribution in [0.5, 0.6) is 0 Å². The second-order valence-electron chi connectivity index (χ2n) is 6.62. The average Bonchev–Trinajstić information content (AvgIpc) is 3.19. The second kappa shape index (κ2) is 9.44. The molecule has 0 aliphatic heterocycles. The lowest BCUT2D eigenvalue weighted by Crippen LogP contribution is -2.22. The molecule has 0 atom stereocenters. The molecule has 0 spiro atoms. The highest BCUT2D eigenvalue weighted by molar-refractivity contribution is 7.99. The number of para-hydroxylation sites is 1. The van der Waals surface area contributed by atoms with Gasteiger partial charge < -0.3 is 5.32 Å². The zero-order chi connectivity index (χ0) is 22.0. The summed E-state index contributed by atoms with van der Waals surface area (Å²) >= 11 is 14.7. The fraction of sp³-hybridized carbons (Fsp3) is 0.136. The van der Waals surface area contributed by atoms with Crippen molar-refractivity contribution in [3.63, 3.8) is 0 Å². The molecule has 0 saturated heterocycles. The first kappa shape index (κ1) is 21.9. The number of nitrogens with one attached hydrogen (secondary N) is 1. The third kappa shape index (κ3) is 4.80. The first-order valence-corrected chi connectivity index (χ1v) is 12.0. The van der Waals surface area contributed by atoms with Crippen molar-refractivity contribution in [2.45, 2.75) is 18.5 Å². The van der Waals surface area contributed by atoms with Crippen LogP contribution in [0.25, 0.3) is 15.9 Å². The number of fused-ring (bicyclic) bond motifs is 1. The van der Waals surface area contributed by atoms with E-state index in [1.807, 2.05) is 43.3 Å². The summed E-state index contributed by atoms with van der Waals surface area (Å²) in [6, 6.07) is 16.1. The number of aromatic nitrogens is 2. The van der Waals surface area contributed by atoms with Crippen molar-refractivity contribution in [2.75, 3.05) is 11.1 Å². The molecule has 0 aliphatic carbocycles. The average molecular weight is 490 g/mol. The molecule has 2 heterocycles. The number of thioether (sulfide) groups is 1. The van der Waals surface area contributed by atoms with Crippen LogP contribution in [0.15, 0.2) is 64.5 Å². The number of thiophene rings is 1. The van der Waals surface area contributed by atoms with Crippen molar-refractivity contribution in [2.24, 2.45) is 0 Å². The minimum Gasteiger partial charge on any atom is -0.324 e. The van der Waals surface area contributed by atoms with Gasteiger partial charge in [-0.1, -0.05) is 60.1 Å². The smallest absolute Gasteiger partial charge is 0.267 e. The van der Waals surface area contributed by atoms with Gasteiger partial charge in [0.2, 0.25) is 5.91 Å². The van der Waals surface area contributed by atoms with Crippen LogP contribution >= 0.6 is 46.3 Å². The van der Waals surface area contributed by atoms with E-state index in [9.17, 15) is 9.59 Å². The van der Waals surface area contributed by atoms with Gasteiger partial charge >= 0.3 is 0 Å². The zero-order valence-electron chi connectivity index (χ0n) is 16.4. The number of nitrogens with zero attached hydrogens (tertiary/aromatic N) is 2. The lowest BCUT2D eigenvalue weighted by atomic mass is 10.3. The highest BCUT2D eigenvalue weighted by Gasteiger charge is 2.17. The Labute approximate surface area is 197 Å². The summed E-state index contributed by atoms with van der Waals surface area (Å²) in [6.07, 6.45) is 0.832. The number of amides is 1. The van der Waals surface area contributed by atoms with Gasteiger partial charge in [0.1, 0.15) is 4.83 Å². The van der Waals surface area contributed by atoms with Crippen LogP contribution in [0.2, 0.25) is 10.0 Å². The van der Waals surface area contributed by atoms with E-state index < -0.39 is 0 Å². The summed E-state index contributed by atoms with van der Waals surface area (Å²) in [5.74, 6) is -0.195. The van der Waals surface area contributed by atoms with Crippen molar-refractivity contribution >= 4 is 68.1 Å². The molecule has 0 unspecified atom stereocenters. The normalized spacial score (nSPS) is 11.1. The van der Waals surface area contributed by atoms with Gasteiger partial charge in [-0.2, -0.15) is 0 Å². The van der Waals surface area contributed by atoms with Crippen molar-refractivity contribution in [1.29, 1.82) is 0 Å². The van der Waals surface area contributed by atoms with E-state index in [4.69, 9.17) is 28.2 Å². The van der Waals surface area contributed by atoms with E-state index in [1.54, 1.807) is 22.8 Å². The Morgan fingerprint density at radius 2 is 1.94 bits per heavy atom. The number of aryl methyl sites for hydroxylation is 1. The van der Waals surface area contributed by atoms with Crippen LogP contribution in [-0.2, 0) is 11.2 Å². The molecule has 158 valence electrons. The molecule has 5 nitrogen and oxygen atoms in total. The molecular weight excluding hydrogens is 473 g/mol. The van der Waals surface area contributed by atoms with Gasteiger partial charge in [-0.15, -0.1) is 11.3 Å². The van der Waals surface area contributed by atoms with Crippen LogP contribution in [0.3, 0.4) is 0 Å². The molecule has 4 aromatic rings. The molecular formula is C22H17Cl2N3O2S2. The molecule has 0 aliphatic rings. The molecule has 0 saturated carbocycles. The first-order chi connectivity index (χ1) is 15.0. The first-order valence-electron chi connectivity index (χ1n) is 9.45. The van der Waals surface area contributed by atoms with Gasteiger partial charge in [0, 0.05) is 9.90 Å². The SMILES string of the molecule is CCc1cc2c(=O)n(-c3ccccc3)c(SCC(=O)Nc3ccc(Cl)cc3Cl)nc2s1. The number of anilines is 1. The maximum absolute atomic E-state index is 13.3. The Morgan fingerprint density at radius 3 is 2.65 bits per heavy atom. The van der Waals surface area contributed by atoms with E-state index in [-0.39, 0.29) is 17.2 Å². The lowest BCUT2D eigenvalue weighted by molar-refractivity contribution is -0.113. The Kier molecular flexibility index (Phi) is 6.67. The van der Waals surface area contributed by atoms with Crippen LogP contribution in [-0.4, -0.2) is 21.2 Å². The van der Waals surface area contributed by atoms with Crippen LogP contribution in [0.4, 0.5) is 5.69 Å². The summed E-state index contributed by atoms with van der Waals surface area (Å²) < 4.78 is 1.56. The number of halogens is 2. The monoisotopic (exact) mass is 489 g/mol. The maximum atomic E-state index is 13.3. The largest absolute Gasteiger partial charge is 0.324 e. The predicted molar refractivity (Wildman–Crippen MR) is 130 cm³/mol. The topological polar surface area (TPSA) is 64.0 Å². The summed E-state index contributed by atoms with van der Waals surface area (Å²) in [5, 5.41) is 4.67. The highest BCUT2D eigenvalue weighted by Crippen LogP contribution is 2.28. The Bertz CT molecular complexity index is 1320. The van der Waals surface area contributed by atoms with Crippen molar-refractivity contribution in [3.8, 4) is 5.69 Å². The molecule has 1 N–H and O–H groups in total. The van der Waals surface area contributed by atoms with Crippen LogP contribution in [0, 0.1) is 0 Å². The standard InChI is InChI=1S/C22H17Cl2N3O2S2/c1-2-15-11-16-20(31-15)26-22(27(21(16)29)14-6-4-3-5-7-14)30-12-19(28)25-18-9-8-13(23)10-17(18)24/h3-11H,2,12H2,1H3,(H,25,28). The molecule has 2 aromatic heterocycles. The molecule has 0 bridgehead atoms. The third-order valence-corrected chi connectivity index (χ3v) is 7.15. The third-order valence-electron chi connectivity index (χ3n) is 4.49. The van der Waals surface area contributed by atoms with Crippen molar-refractivity contribution in [3.05, 3.63) is 79.9 Å². The van der Waals surface area contributed by atoms with Gasteiger partial charge in [0.15, 0.2) is 5.16 Å². The summed E-state index contributed by atoms with van der Waals surface area (Å²) in [4.78, 5) is 32.3. The number of hydrogen-bond acceptors (Lipinski definition) is 5. The molecule has 2 aromatic carbocycles. The van der Waals surface area contributed by atoms with E-state index in [2.05, 4.69) is 5.32 Å². The molecule has 9 heteroatoms. The van der Waals surface area contributed by atoms with Gasteiger partial charge in [0.05, 0.1) is 27.5 Å². The van der Waals surface area contributed by atoms with Crippen LogP contribution in [0.1, 0.15) is 11.8 Å². The number of carbonyl (C=O) groups is 1. The second-order valence-corrected chi connectivity index (χ2v) is 9.52. The molecule has 0 fully saturated rings. The minimum absolute atomic E-state index is 0.0652. The molecule has 31 heavy (non-hydrogen) atoms. The number of rotatable bonds is 6. The fourth-order valence-corrected chi connectivity index (χ4v) is 5.27. The highest BCUT2D eigenvalue weighted by atomic mass is 35.5. The maximum Gasteiger partial charge on any atom is 0.267 e. The van der Waals surface area contributed by atoms with Gasteiger partial charge in [-0.05, 0) is 42.8 Å². The van der Waals surface area contributed by atoms with Crippen molar-refractivity contribution in [1.82, 2.24) is 9.55 Å². The van der Waals surface area contributed by atoms with Crippen LogP contribution < -0.4 is 10.9 Å². The van der Waals surface area contributed by atoms with E-state index in [0.29, 0.717) is 36.8 Å². The van der Waals surface area contributed by atoms with Crippen molar-refractivity contribution < 1.29 is 4.79 Å². The van der Waals surface area contributed by atoms with E-state index in [1.165, 1.54) is 23.1 Å². The Hall–Kier alpha value is -2.32. The fourth-order valence-electron chi connectivity index (χ4n) is 2.99. The predicted octanol–water partition coefficient (Wildman–Crippen LogP) is 6.05. The number of hydrogen-bond donors (Lipinski definition) is 1. The molecule has 1 amide bonds. The zero-order valence-corrected chi connectivity index (χ0v) is 19.5. The lowest BCUT2D eigenvalue weighted by Gasteiger charge is -2.12. The number of carbonyl (C=O) groups excluding carboxylic acids is 1. The molecule has 0 radical (unpaired) electrons. The molecule has 4 rings (SSSR count). The Morgan fingerprint density at radius 1 is 1.16 bits per heavy atom. The summed E-state index contributed by atoms with van der Waals surface area (Å²) in [6.45, 7) is 2.04. The quantitative estimate of drug-likeness (QED) is 0.264.